The minimum absolute atomic E-state index is 0.0310. The Morgan fingerprint density at radius 2 is 1.93 bits per heavy atom. The first-order valence-electron chi connectivity index (χ1n) is 4.95. The largest absolute Gasteiger partial charge is 0.407 e. The van der Waals surface area contributed by atoms with Crippen LogP contribution in [0.15, 0.2) is 16.6 Å². The fourth-order valence-electron chi connectivity index (χ4n) is 1.99. The summed E-state index contributed by atoms with van der Waals surface area (Å²) in [6, 6.07) is 0. The number of hydrogen-bond donors (Lipinski definition) is 0. The zero-order chi connectivity index (χ0) is 11.7. The molecule has 0 aromatic carbocycles. The first-order valence-corrected chi connectivity index (χ1v) is 4.95. The normalized spacial score (nSPS) is 24.1. The van der Waals surface area contributed by atoms with Gasteiger partial charge in [-0.15, -0.1) is 0 Å². The van der Waals surface area contributed by atoms with Crippen molar-refractivity contribution in [1.29, 1.82) is 0 Å². The van der Waals surface area contributed by atoms with Crippen molar-refractivity contribution in [2.75, 3.05) is 6.54 Å². The molecule has 0 unspecified atom stereocenters. The van der Waals surface area contributed by atoms with Crippen molar-refractivity contribution in [3.8, 4) is 0 Å². The summed E-state index contributed by atoms with van der Waals surface area (Å²) < 4.78 is 35.9. The molecule has 1 aliphatic carbocycles. The highest BCUT2D eigenvalue weighted by atomic mass is 19.4. The van der Waals surface area contributed by atoms with Gasteiger partial charge in [0.2, 0.25) is 0 Å². The number of nitrogens with zero attached hydrogens (tertiary/aromatic N) is 1. The van der Waals surface area contributed by atoms with Gasteiger partial charge < -0.3 is 0 Å². The summed E-state index contributed by atoms with van der Waals surface area (Å²) in [7, 11) is 0. The van der Waals surface area contributed by atoms with Crippen molar-refractivity contribution in [2.24, 2.45) is 10.4 Å². The van der Waals surface area contributed by atoms with Gasteiger partial charge in [0, 0.05) is 5.71 Å². The third-order valence-corrected chi connectivity index (χ3v) is 2.29. The minimum atomic E-state index is -4.20. The van der Waals surface area contributed by atoms with Crippen LogP contribution in [0.5, 0.6) is 0 Å². The Hall–Kier alpha value is -0.800. The van der Waals surface area contributed by atoms with Gasteiger partial charge in [-0.05, 0) is 31.3 Å². The van der Waals surface area contributed by atoms with E-state index in [9.17, 15) is 13.2 Å². The number of alkyl halides is 3. The summed E-state index contributed by atoms with van der Waals surface area (Å²) in [6.07, 6.45) is -0.869. The fraction of sp³-hybridized carbons (Fsp3) is 0.727. The van der Waals surface area contributed by atoms with E-state index in [0.29, 0.717) is 12.1 Å². The van der Waals surface area contributed by atoms with Crippen LogP contribution in [0.2, 0.25) is 0 Å². The molecular weight excluding hydrogens is 203 g/mol. The predicted molar refractivity (Wildman–Crippen MR) is 55.1 cm³/mol. The molecular formula is C11H16F3N. The molecule has 1 aliphatic rings. The van der Waals surface area contributed by atoms with Crippen LogP contribution < -0.4 is 0 Å². The second kappa shape index (κ2) is 3.99. The quantitative estimate of drug-likeness (QED) is 0.636. The zero-order valence-electron chi connectivity index (χ0n) is 9.28. The van der Waals surface area contributed by atoms with Gasteiger partial charge in [0.15, 0.2) is 0 Å². The lowest BCUT2D eigenvalue weighted by Crippen LogP contribution is -2.23. The zero-order valence-corrected chi connectivity index (χ0v) is 9.28. The van der Waals surface area contributed by atoms with E-state index in [1.807, 2.05) is 20.8 Å². The van der Waals surface area contributed by atoms with Crippen molar-refractivity contribution >= 4 is 5.71 Å². The average Bonchev–Trinajstić information content (AvgIpc) is 1.95. The molecule has 0 saturated heterocycles. The SMILES string of the molecule is CC1=CC(=NCC(F)(F)F)CC(C)(C)C1. The topological polar surface area (TPSA) is 12.4 Å². The molecule has 86 valence electrons. The number of rotatable bonds is 1. The van der Waals surface area contributed by atoms with Crippen LogP contribution in [0, 0.1) is 5.41 Å². The fourth-order valence-corrected chi connectivity index (χ4v) is 1.99. The van der Waals surface area contributed by atoms with Gasteiger partial charge in [0.1, 0.15) is 6.54 Å². The number of aliphatic imine (C=N–C) groups is 1. The first kappa shape index (κ1) is 12.3. The number of hydrogen-bond acceptors (Lipinski definition) is 1. The molecule has 0 aliphatic heterocycles. The Balaban J connectivity index is 2.75. The van der Waals surface area contributed by atoms with Gasteiger partial charge in [-0.3, -0.25) is 4.99 Å². The summed E-state index contributed by atoms with van der Waals surface area (Å²) in [4.78, 5) is 3.62. The molecule has 0 radical (unpaired) electrons. The van der Waals surface area contributed by atoms with E-state index in [1.54, 1.807) is 6.08 Å². The molecule has 0 spiro atoms. The Morgan fingerprint density at radius 1 is 1.33 bits per heavy atom. The van der Waals surface area contributed by atoms with Gasteiger partial charge in [-0.2, -0.15) is 13.2 Å². The highest BCUT2D eigenvalue weighted by Crippen LogP contribution is 2.34. The Kier molecular flexibility index (Phi) is 3.26. The van der Waals surface area contributed by atoms with Gasteiger partial charge in [0.25, 0.3) is 0 Å². The Morgan fingerprint density at radius 3 is 2.40 bits per heavy atom. The van der Waals surface area contributed by atoms with Crippen LogP contribution in [-0.2, 0) is 0 Å². The third kappa shape index (κ3) is 4.49. The third-order valence-electron chi connectivity index (χ3n) is 2.29. The average molecular weight is 219 g/mol. The van der Waals surface area contributed by atoms with Crippen molar-refractivity contribution in [1.82, 2.24) is 0 Å². The van der Waals surface area contributed by atoms with E-state index in [2.05, 4.69) is 4.99 Å². The maximum absolute atomic E-state index is 12.0. The van der Waals surface area contributed by atoms with Crippen LogP contribution in [-0.4, -0.2) is 18.4 Å². The summed E-state index contributed by atoms with van der Waals surface area (Å²) in [6.45, 7) is 4.96. The Labute approximate surface area is 88.1 Å². The summed E-state index contributed by atoms with van der Waals surface area (Å²) in [5.74, 6) is 0. The Bertz CT molecular complexity index is 297. The van der Waals surface area contributed by atoms with Crippen molar-refractivity contribution in [2.45, 2.75) is 39.8 Å². The van der Waals surface area contributed by atoms with E-state index in [1.165, 1.54) is 0 Å². The van der Waals surface area contributed by atoms with Crippen LogP contribution in [0.3, 0.4) is 0 Å². The maximum Gasteiger partial charge on any atom is 0.407 e. The standard InChI is InChI=1S/C11H16F3N/c1-8-4-9(6-10(2,3)5-8)15-7-11(12,13)14/h4H,5-7H2,1-3H3. The van der Waals surface area contributed by atoms with Crippen LogP contribution >= 0.6 is 0 Å². The monoisotopic (exact) mass is 219 g/mol. The van der Waals surface area contributed by atoms with E-state index in [0.717, 1.165) is 12.0 Å². The van der Waals surface area contributed by atoms with E-state index in [4.69, 9.17) is 0 Å². The molecule has 0 atom stereocenters. The molecule has 0 aromatic heterocycles. The van der Waals surface area contributed by atoms with E-state index in [-0.39, 0.29) is 5.41 Å². The summed E-state index contributed by atoms with van der Waals surface area (Å²) >= 11 is 0. The number of allylic oxidation sites excluding steroid dienone is 2. The molecule has 0 saturated carbocycles. The second-order valence-corrected chi connectivity index (χ2v) is 4.93. The number of halogens is 3. The van der Waals surface area contributed by atoms with Crippen LogP contribution in [0.25, 0.3) is 0 Å². The lowest BCUT2D eigenvalue weighted by molar-refractivity contribution is -0.118. The lowest BCUT2D eigenvalue weighted by Gasteiger charge is -2.29. The van der Waals surface area contributed by atoms with Gasteiger partial charge in [-0.25, -0.2) is 0 Å². The van der Waals surface area contributed by atoms with Crippen molar-refractivity contribution in [3.63, 3.8) is 0 Å². The van der Waals surface area contributed by atoms with Crippen LogP contribution in [0.4, 0.5) is 13.2 Å². The molecule has 4 heteroatoms. The van der Waals surface area contributed by atoms with Crippen LogP contribution in [0.1, 0.15) is 33.6 Å². The maximum atomic E-state index is 12.0. The molecule has 0 heterocycles. The second-order valence-electron chi connectivity index (χ2n) is 4.93. The highest BCUT2D eigenvalue weighted by Gasteiger charge is 2.28. The molecule has 15 heavy (non-hydrogen) atoms. The molecule has 0 fully saturated rings. The highest BCUT2D eigenvalue weighted by molar-refractivity contribution is 5.96. The van der Waals surface area contributed by atoms with E-state index >= 15 is 0 Å². The molecule has 1 rings (SSSR count). The van der Waals surface area contributed by atoms with Gasteiger partial charge in [0.05, 0.1) is 0 Å². The minimum Gasteiger partial charge on any atom is -0.280 e. The van der Waals surface area contributed by atoms with E-state index < -0.39 is 12.7 Å². The van der Waals surface area contributed by atoms with Gasteiger partial charge >= 0.3 is 6.18 Å². The molecule has 0 aromatic rings. The molecule has 0 N–H and O–H groups in total. The van der Waals surface area contributed by atoms with Gasteiger partial charge in [-0.1, -0.05) is 19.4 Å². The van der Waals surface area contributed by atoms with Crippen molar-refractivity contribution < 1.29 is 13.2 Å². The first-order chi connectivity index (χ1) is 6.68. The lowest BCUT2D eigenvalue weighted by atomic mass is 9.77. The molecule has 0 bridgehead atoms. The predicted octanol–water partition coefficient (Wildman–Crippen LogP) is 3.76. The summed E-state index contributed by atoms with van der Waals surface area (Å²) in [5.41, 5.74) is 1.71. The smallest absolute Gasteiger partial charge is 0.280 e. The molecule has 1 nitrogen and oxygen atoms in total. The molecule has 0 amide bonds. The van der Waals surface area contributed by atoms with Crippen molar-refractivity contribution in [3.05, 3.63) is 11.6 Å². The summed E-state index contributed by atoms with van der Waals surface area (Å²) in [5, 5.41) is 0.